The Bertz CT molecular complexity index is 928. The lowest BCUT2D eigenvalue weighted by atomic mass is 9.90. The van der Waals surface area contributed by atoms with Gasteiger partial charge in [0.15, 0.2) is 0 Å². The normalized spacial score (nSPS) is 19.4. The number of carboxylic acid groups (broad SMARTS) is 1. The topological polar surface area (TPSA) is 76.5 Å². The molecule has 0 spiro atoms. The van der Waals surface area contributed by atoms with Gasteiger partial charge in [0, 0.05) is 11.9 Å². The molecule has 158 valence electrons. The second-order valence-electron chi connectivity index (χ2n) is 6.76. The number of aliphatic hydroxyl groups excluding tert-OH is 1. The van der Waals surface area contributed by atoms with Crippen molar-refractivity contribution in [3.05, 3.63) is 41.1 Å². The maximum Gasteiger partial charge on any atom is 0.433 e. The van der Waals surface area contributed by atoms with Gasteiger partial charge in [0.2, 0.25) is 0 Å². The van der Waals surface area contributed by atoms with Gasteiger partial charge in [0.1, 0.15) is 17.9 Å². The van der Waals surface area contributed by atoms with E-state index < -0.39 is 52.9 Å². The van der Waals surface area contributed by atoms with Crippen LogP contribution in [-0.2, 0) is 12.4 Å². The number of rotatable bonds is 2. The minimum absolute atomic E-state index is 0.00695. The van der Waals surface area contributed by atoms with Gasteiger partial charge in [-0.1, -0.05) is 12.1 Å². The number of hydrogen-bond acceptors (Lipinski definition) is 4. The number of alkyl halides is 6. The van der Waals surface area contributed by atoms with Crippen molar-refractivity contribution in [2.75, 3.05) is 6.54 Å². The first-order valence-corrected chi connectivity index (χ1v) is 8.65. The zero-order valence-electron chi connectivity index (χ0n) is 14.7. The predicted molar refractivity (Wildman–Crippen MR) is 86.4 cm³/mol. The number of fused-ring (bicyclic) bond motifs is 1. The second-order valence-corrected chi connectivity index (χ2v) is 6.76. The van der Waals surface area contributed by atoms with Gasteiger partial charge < -0.3 is 19.9 Å². The van der Waals surface area contributed by atoms with Gasteiger partial charge in [0.05, 0.1) is 17.1 Å². The predicted octanol–water partition coefficient (Wildman–Crippen LogP) is 3.50. The minimum Gasteiger partial charge on any atom is -0.530 e. The number of aromatic nitrogens is 1. The van der Waals surface area contributed by atoms with E-state index in [4.69, 9.17) is 0 Å². The Balaban J connectivity index is 2.24. The molecule has 0 radical (unpaired) electrons. The van der Waals surface area contributed by atoms with Crippen LogP contribution in [0.4, 0.5) is 31.1 Å². The van der Waals surface area contributed by atoms with Crippen molar-refractivity contribution in [2.45, 2.75) is 43.8 Å². The fraction of sp³-hybridized carbons (Fsp3) is 0.444. The molecular weight excluding hydrogens is 406 g/mol. The van der Waals surface area contributed by atoms with Gasteiger partial charge >= 0.3 is 12.4 Å². The van der Waals surface area contributed by atoms with E-state index in [2.05, 4.69) is 4.98 Å². The summed E-state index contributed by atoms with van der Waals surface area (Å²) in [7, 11) is 0. The Morgan fingerprint density at radius 1 is 1.17 bits per heavy atom. The van der Waals surface area contributed by atoms with E-state index in [9.17, 15) is 41.4 Å². The van der Waals surface area contributed by atoms with Gasteiger partial charge in [-0.3, -0.25) is 0 Å². The molecule has 1 N–H and O–H groups in total. The molecule has 1 unspecified atom stereocenters. The molecule has 11 heteroatoms. The number of hydrogen-bond donors (Lipinski definition) is 1. The largest absolute Gasteiger partial charge is 0.530 e. The zero-order chi connectivity index (χ0) is 21.6. The van der Waals surface area contributed by atoms with Crippen molar-refractivity contribution in [3.8, 4) is 0 Å². The molecule has 2 heterocycles. The van der Waals surface area contributed by atoms with Crippen molar-refractivity contribution in [2.24, 2.45) is 0 Å². The summed E-state index contributed by atoms with van der Waals surface area (Å²) in [6.07, 6.45) is -12.3. The van der Waals surface area contributed by atoms with Gasteiger partial charge in [-0.2, -0.15) is 26.3 Å². The van der Waals surface area contributed by atoms with E-state index in [1.165, 1.54) is 0 Å². The number of carbonyl (C=O) groups excluding carboxylic acids is 1. The molecule has 0 bridgehead atoms. The number of aliphatic hydroxyl groups is 1. The van der Waals surface area contributed by atoms with E-state index in [0.29, 0.717) is 25.0 Å². The van der Waals surface area contributed by atoms with Crippen molar-refractivity contribution in [1.29, 1.82) is 0 Å². The monoisotopic (exact) mass is 421 g/mol. The molecule has 0 aliphatic carbocycles. The molecule has 1 fully saturated rings. The number of piperidine rings is 1. The number of nitrogens with zero attached hydrogens (tertiary/aromatic N) is 2. The fourth-order valence-electron chi connectivity index (χ4n) is 3.61. The van der Waals surface area contributed by atoms with Crippen LogP contribution in [0.2, 0.25) is 0 Å². The van der Waals surface area contributed by atoms with Crippen LogP contribution in [-0.4, -0.2) is 33.7 Å². The Morgan fingerprint density at radius 3 is 2.45 bits per heavy atom. The molecule has 0 saturated carbocycles. The van der Waals surface area contributed by atoms with Crippen LogP contribution in [0.25, 0.3) is 10.9 Å². The Hall–Kier alpha value is -2.56. The number of benzene rings is 1. The zero-order valence-corrected chi connectivity index (χ0v) is 14.7. The lowest BCUT2D eigenvalue weighted by Crippen LogP contribution is -2.52. The summed E-state index contributed by atoms with van der Waals surface area (Å²) >= 11 is 0. The first-order valence-electron chi connectivity index (χ1n) is 8.65. The molecule has 29 heavy (non-hydrogen) atoms. The summed E-state index contributed by atoms with van der Waals surface area (Å²) in [5, 5.41) is 21.7. The first-order chi connectivity index (χ1) is 13.4. The molecular formula is C18H15F6N2O3-. The molecule has 1 aromatic carbocycles. The first kappa shape index (κ1) is 21.2. The van der Waals surface area contributed by atoms with Gasteiger partial charge in [0.25, 0.3) is 0 Å². The highest BCUT2D eigenvalue weighted by atomic mass is 19.4. The summed E-state index contributed by atoms with van der Waals surface area (Å²) in [5.41, 5.74) is -4.41. The van der Waals surface area contributed by atoms with Gasteiger partial charge in [-0.15, -0.1) is 0 Å². The van der Waals surface area contributed by atoms with Crippen molar-refractivity contribution < 1.29 is 41.4 Å². The maximum absolute atomic E-state index is 13.3. The summed E-state index contributed by atoms with van der Waals surface area (Å²) in [6, 6.07) is 2.03. The lowest BCUT2D eigenvalue weighted by molar-refractivity contribution is -0.271. The van der Waals surface area contributed by atoms with Crippen LogP contribution < -0.4 is 5.11 Å². The van der Waals surface area contributed by atoms with E-state index in [-0.39, 0.29) is 18.4 Å². The molecule has 1 saturated heterocycles. The third-order valence-electron chi connectivity index (χ3n) is 4.93. The van der Waals surface area contributed by atoms with Crippen molar-refractivity contribution in [1.82, 2.24) is 9.88 Å². The Labute approximate surface area is 160 Å². The molecule has 3 rings (SSSR count). The maximum atomic E-state index is 13.3. The minimum atomic E-state index is -5.07. The van der Waals surface area contributed by atoms with E-state index in [1.54, 1.807) is 0 Å². The van der Waals surface area contributed by atoms with Crippen LogP contribution in [0.15, 0.2) is 24.3 Å². The number of amides is 1. The number of halogens is 6. The van der Waals surface area contributed by atoms with Crippen LogP contribution in [0, 0.1) is 0 Å². The third-order valence-corrected chi connectivity index (χ3v) is 4.93. The van der Waals surface area contributed by atoms with Crippen molar-refractivity contribution >= 4 is 17.0 Å². The molecule has 1 aliphatic heterocycles. The molecule has 1 amide bonds. The van der Waals surface area contributed by atoms with E-state index >= 15 is 0 Å². The van der Waals surface area contributed by atoms with Crippen LogP contribution in [0.5, 0.6) is 0 Å². The number of likely N-dealkylation sites (tertiary alicyclic amines) is 1. The average molecular weight is 421 g/mol. The Morgan fingerprint density at radius 2 is 1.86 bits per heavy atom. The summed E-state index contributed by atoms with van der Waals surface area (Å²) in [6.45, 7) is 0.00695. The van der Waals surface area contributed by atoms with Crippen molar-refractivity contribution in [3.63, 3.8) is 0 Å². The van der Waals surface area contributed by atoms with E-state index in [1.807, 2.05) is 0 Å². The third kappa shape index (κ3) is 4.09. The lowest BCUT2D eigenvalue weighted by Gasteiger charge is -2.40. The van der Waals surface area contributed by atoms with Crippen LogP contribution in [0.1, 0.15) is 42.2 Å². The standard InChI is InChI=1S/C18H16F6N2O3/c19-17(20,21)11-5-3-4-9-10(8-13(18(22,23)24)25-14(9)11)15(27)12-6-1-2-7-26(12)16(28)29/h3-5,8,12,15,27H,1-2,6-7H2,(H,28,29)/p-1/t12?,15-/m0/s1. The summed E-state index contributed by atoms with van der Waals surface area (Å²) < 4.78 is 79.9. The second kappa shape index (κ2) is 7.36. The highest BCUT2D eigenvalue weighted by molar-refractivity contribution is 5.86. The molecule has 2 atom stereocenters. The number of carbonyl (C=O) groups is 1. The number of pyridine rings is 1. The average Bonchev–Trinajstić information content (AvgIpc) is 2.64. The molecule has 1 aliphatic rings. The summed E-state index contributed by atoms with van der Waals surface area (Å²) in [5.74, 6) is 0. The van der Waals surface area contributed by atoms with Gasteiger partial charge in [-0.25, -0.2) is 4.98 Å². The Kier molecular flexibility index (Phi) is 5.37. The quantitative estimate of drug-likeness (QED) is 0.754. The highest BCUT2D eigenvalue weighted by Crippen LogP contribution is 2.40. The van der Waals surface area contributed by atoms with Crippen LogP contribution >= 0.6 is 0 Å². The SMILES string of the molecule is O=C([O-])N1CCCCC1[C@@H](O)c1cc(C(F)(F)F)nc2c(C(F)(F)F)cccc12. The molecule has 5 nitrogen and oxygen atoms in total. The van der Waals surface area contributed by atoms with Gasteiger partial charge in [-0.05, 0) is 37.0 Å². The van der Waals surface area contributed by atoms with Crippen LogP contribution in [0.3, 0.4) is 0 Å². The highest BCUT2D eigenvalue weighted by Gasteiger charge is 2.39. The van der Waals surface area contributed by atoms with E-state index in [0.717, 1.165) is 17.0 Å². The number of para-hydroxylation sites is 1. The fourth-order valence-corrected chi connectivity index (χ4v) is 3.61. The smallest absolute Gasteiger partial charge is 0.433 e. The molecule has 1 aromatic heterocycles. The molecule has 2 aromatic rings. The summed E-state index contributed by atoms with van der Waals surface area (Å²) in [4.78, 5) is 15.3.